The third kappa shape index (κ3) is 3.59. The van der Waals surface area contributed by atoms with Gasteiger partial charge in [0.25, 0.3) is 0 Å². The molecule has 2 aromatic carbocycles. The molecule has 2 heterocycles. The lowest BCUT2D eigenvalue weighted by atomic mass is 9.75. The van der Waals surface area contributed by atoms with Gasteiger partial charge in [0.2, 0.25) is 5.91 Å². The number of amides is 1. The monoisotopic (exact) mass is 405 g/mol. The van der Waals surface area contributed by atoms with Gasteiger partial charge in [0.15, 0.2) is 0 Å². The zero-order valence-corrected chi connectivity index (χ0v) is 16.6. The molecule has 1 atom stereocenters. The van der Waals surface area contributed by atoms with Crippen molar-refractivity contribution in [1.29, 1.82) is 0 Å². The maximum absolute atomic E-state index is 12.7. The number of ether oxygens (including phenoxy) is 1. The number of furan rings is 1. The average molecular weight is 405 g/mol. The molecule has 1 fully saturated rings. The molecule has 0 bridgehead atoms. The number of rotatable bonds is 6. The largest absolute Gasteiger partial charge is 0.493 e. The molecule has 6 nitrogen and oxygen atoms in total. The van der Waals surface area contributed by atoms with Crippen LogP contribution < -0.4 is 10.1 Å². The fourth-order valence-electron chi connectivity index (χ4n) is 4.49. The van der Waals surface area contributed by atoms with Crippen LogP contribution in [0.2, 0.25) is 0 Å². The van der Waals surface area contributed by atoms with Gasteiger partial charge < -0.3 is 24.5 Å². The minimum Gasteiger partial charge on any atom is -0.493 e. The van der Waals surface area contributed by atoms with E-state index in [4.69, 9.17) is 9.15 Å². The number of carbonyl (C=O) groups is 1. The van der Waals surface area contributed by atoms with Crippen LogP contribution in [0.25, 0.3) is 11.0 Å². The van der Waals surface area contributed by atoms with Crippen LogP contribution in [0.5, 0.6) is 5.75 Å². The lowest BCUT2D eigenvalue weighted by molar-refractivity contribution is -0.120. The minimum absolute atomic E-state index is 0.179. The Morgan fingerprint density at radius 1 is 1.17 bits per heavy atom. The van der Waals surface area contributed by atoms with Crippen LogP contribution in [0.4, 0.5) is 0 Å². The summed E-state index contributed by atoms with van der Waals surface area (Å²) in [6.45, 7) is 0.756. The van der Waals surface area contributed by atoms with Crippen molar-refractivity contribution < 1.29 is 24.0 Å². The van der Waals surface area contributed by atoms with Gasteiger partial charge in [-0.15, -0.1) is 0 Å². The topological polar surface area (TPSA) is 91.9 Å². The lowest BCUT2D eigenvalue weighted by Gasteiger charge is -2.26. The Labute approximate surface area is 175 Å². The highest BCUT2D eigenvalue weighted by atomic mass is 16.5. The second kappa shape index (κ2) is 7.49. The highest BCUT2D eigenvalue weighted by Crippen LogP contribution is 2.56. The maximum atomic E-state index is 12.7. The maximum Gasteiger partial charge on any atom is 0.475 e. The van der Waals surface area contributed by atoms with Gasteiger partial charge in [-0.2, -0.15) is 0 Å². The van der Waals surface area contributed by atoms with Crippen LogP contribution >= 0.6 is 0 Å². The molecular weight excluding hydrogens is 381 g/mol. The van der Waals surface area contributed by atoms with E-state index in [1.54, 1.807) is 6.26 Å². The molecule has 1 aromatic heterocycles. The van der Waals surface area contributed by atoms with Crippen molar-refractivity contribution in [1.82, 2.24) is 5.32 Å². The van der Waals surface area contributed by atoms with E-state index >= 15 is 0 Å². The van der Waals surface area contributed by atoms with Crippen molar-refractivity contribution in [2.45, 2.75) is 43.5 Å². The molecule has 3 N–H and O–H groups in total. The third-order valence-electron chi connectivity index (χ3n) is 6.38. The van der Waals surface area contributed by atoms with Crippen molar-refractivity contribution >= 4 is 24.0 Å². The SMILES string of the molecule is O=C(Cc1ccc2c(c1)C1(CCO2)CC1)NC(Cc1coc2ccccc12)B(O)O. The zero-order chi connectivity index (χ0) is 20.7. The smallest absolute Gasteiger partial charge is 0.475 e. The number of carbonyl (C=O) groups excluding carboxylic acids is 1. The fraction of sp³-hybridized carbons (Fsp3) is 0.348. The summed E-state index contributed by atoms with van der Waals surface area (Å²) in [5.41, 5.74) is 3.92. The molecule has 1 amide bonds. The molecule has 2 aliphatic rings. The Bertz CT molecular complexity index is 1090. The van der Waals surface area contributed by atoms with E-state index in [9.17, 15) is 14.8 Å². The van der Waals surface area contributed by atoms with Crippen LogP contribution in [-0.2, 0) is 23.1 Å². The summed E-state index contributed by atoms with van der Waals surface area (Å²) in [4.78, 5) is 12.7. The fourth-order valence-corrected chi connectivity index (χ4v) is 4.49. The lowest BCUT2D eigenvalue weighted by Crippen LogP contribution is -2.48. The second-order valence-electron chi connectivity index (χ2n) is 8.43. The number of hydrogen-bond donors (Lipinski definition) is 3. The highest BCUT2D eigenvalue weighted by Gasteiger charge is 2.47. The molecule has 7 heteroatoms. The molecule has 1 aliphatic heterocycles. The van der Waals surface area contributed by atoms with Gasteiger partial charge in [-0.3, -0.25) is 4.79 Å². The molecule has 154 valence electrons. The van der Waals surface area contributed by atoms with E-state index < -0.39 is 13.1 Å². The van der Waals surface area contributed by atoms with Crippen LogP contribution in [-0.4, -0.2) is 35.6 Å². The summed E-state index contributed by atoms with van der Waals surface area (Å²) >= 11 is 0. The summed E-state index contributed by atoms with van der Waals surface area (Å²) in [5.74, 6) is -0.143. The Kier molecular flexibility index (Phi) is 4.80. The van der Waals surface area contributed by atoms with E-state index in [2.05, 4.69) is 11.4 Å². The predicted octanol–water partition coefficient (Wildman–Crippen LogP) is 2.53. The normalized spacial score (nSPS) is 17.3. The molecular formula is C23H24BNO5. The number of fused-ring (bicyclic) bond motifs is 3. The van der Waals surface area contributed by atoms with Crippen LogP contribution in [0, 0.1) is 0 Å². The zero-order valence-electron chi connectivity index (χ0n) is 16.6. The Morgan fingerprint density at radius 2 is 2.00 bits per heavy atom. The van der Waals surface area contributed by atoms with E-state index in [-0.39, 0.29) is 24.2 Å². The van der Waals surface area contributed by atoms with Gasteiger partial charge in [-0.25, -0.2) is 0 Å². The van der Waals surface area contributed by atoms with E-state index in [0.717, 1.165) is 40.9 Å². The van der Waals surface area contributed by atoms with Crippen LogP contribution in [0.3, 0.4) is 0 Å². The van der Waals surface area contributed by atoms with Crippen molar-refractivity contribution in [3.05, 3.63) is 65.4 Å². The van der Waals surface area contributed by atoms with Crippen molar-refractivity contribution in [3.63, 3.8) is 0 Å². The van der Waals surface area contributed by atoms with Gasteiger partial charge in [-0.05, 0) is 48.9 Å². The van der Waals surface area contributed by atoms with E-state index in [1.165, 1.54) is 18.4 Å². The van der Waals surface area contributed by atoms with Gasteiger partial charge >= 0.3 is 7.12 Å². The summed E-state index contributed by atoms with van der Waals surface area (Å²) < 4.78 is 11.3. The van der Waals surface area contributed by atoms with Gasteiger partial charge in [0.05, 0.1) is 25.2 Å². The van der Waals surface area contributed by atoms with Crippen LogP contribution in [0.15, 0.2) is 53.1 Å². The quantitative estimate of drug-likeness (QED) is 0.549. The van der Waals surface area contributed by atoms with Gasteiger partial charge in [0.1, 0.15) is 11.3 Å². The minimum atomic E-state index is -1.67. The Hall–Kier alpha value is -2.77. The van der Waals surface area contributed by atoms with E-state index in [1.807, 2.05) is 36.4 Å². The van der Waals surface area contributed by atoms with Gasteiger partial charge in [0, 0.05) is 16.4 Å². The summed E-state index contributed by atoms with van der Waals surface area (Å²) in [6, 6.07) is 13.5. The first kappa shape index (κ1) is 19.2. The predicted molar refractivity (Wildman–Crippen MR) is 113 cm³/mol. The highest BCUT2D eigenvalue weighted by molar-refractivity contribution is 6.43. The molecule has 0 saturated heterocycles. The second-order valence-corrected chi connectivity index (χ2v) is 8.43. The molecule has 3 aromatic rings. The van der Waals surface area contributed by atoms with Crippen LogP contribution in [0.1, 0.15) is 36.0 Å². The number of hydrogen-bond acceptors (Lipinski definition) is 5. The van der Waals surface area contributed by atoms with E-state index in [0.29, 0.717) is 0 Å². The standard InChI is InChI=1S/C23H24BNO5/c26-22(12-15-5-6-20-18(11-15)23(7-8-23)9-10-29-20)25-21(24(27)28)13-16-14-30-19-4-2-1-3-17(16)19/h1-6,11,14,21,27-28H,7-10,12-13H2,(H,25,26). The molecule has 30 heavy (non-hydrogen) atoms. The van der Waals surface area contributed by atoms with Crippen molar-refractivity contribution in [3.8, 4) is 5.75 Å². The first-order valence-electron chi connectivity index (χ1n) is 10.4. The average Bonchev–Trinajstić information content (AvgIpc) is 3.39. The summed E-state index contributed by atoms with van der Waals surface area (Å²) in [6.07, 6.45) is 5.44. The summed E-state index contributed by atoms with van der Waals surface area (Å²) in [7, 11) is -1.67. The molecule has 1 aliphatic carbocycles. The number of para-hydroxylation sites is 1. The molecule has 1 saturated carbocycles. The third-order valence-corrected chi connectivity index (χ3v) is 6.38. The molecule has 5 rings (SSSR count). The Morgan fingerprint density at radius 3 is 2.80 bits per heavy atom. The van der Waals surface area contributed by atoms with Gasteiger partial charge in [-0.1, -0.05) is 30.3 Å². The molecule has 0 radical (unpaired) electrons. The molecule has 1 unspecified atom stereocenters. The molecule has 1 spiro atoms. The Balaban J connectivity index is 1.29. The number of benzene rings is 2. The van der Waals surface area contributed by atoms with Crippen molar-refractivity contribution in [2.24, 2.45) is 0 Å². The van der Waals surface area contributed by atoms with Crippen molar-refractivity contribution in [2.75, 3.05) is 6.61 Å². The number of nitrogens with one attached hydrogen (secondary N) is 1. The first-order chi connectivity index (χ1) is 14.5. The summed E-state index contributed by atoms with van der Waals surface area (Å²) in [5, 5.41) is 23.3. The first-order valence-corrected chi connectivity index (χ1v) is 10.4.